The summed E-state index contributed by atoms with van der Waals surface area (Å²) in [6, 6.07) is 8.46. The Kier molecular flexibility index (Phi) is 2.62. The molecule has 0 aromatic heterocycles. The van der Waals surface area contributed by atoms with Gasteiger partial charge in [0.1, 0.15) is 6.61 Å². The van der Waals surface area contributed by atoms with Gasteiger partial charge in [0.15, 0.2) is 0 Å². The van der Waals surface area contributed by atoms with Crippen LogP contribution in [-0.4, -0.2) is 18.2 Å². The van der Waals surface area contributed by atoms with E-state index >= 15 is 0 Å². The maximum atomic E-state index is 11.2. The van der Waals surface area contributed by atoms with Crippen LogP contribution in [0.2, 0.25) is 0 Å². The van der Waals surface area contributed by atoms with Crippen LogP contribution in [0, 0.1) is 0 Å². The molecule has 17 heavy (non-hydrogen) atoms. The van der Waals surface area contributed by atoms with Gasteiger partial charge in [0, 0.05) is 4.47 Å². The number of cyclic esters (lactones) is 1. The van der Waals surface area contributed by atoms with Crippen LogP contribution < -0.4 is 5.32 Å². The SMILES string of the molecule is O=C1NC2(CCC(c3ccc(Br)cc3)C2)CO1. The molecule has 1 aromatic rings. The van der Waals surface area contributed by atoms with E-state index in [1.165, 1.54) is 5.56 Å². The summed E-state index contributed by atoms with van der Waals surface area (Å²) in [5, 5.41) is 2.97. The Hall–Kier alpha value is -1.03. The van der Waals surface area contributed by atoms with E-state index in [4.69, 9.17) is 4.74 Å². The van der Waals surface area contributed by atoms with Gasteiger partial charge in [-0.1, -0.05) is 28.1 Å². The number of nitrogens with one attached hydrogen (secondary N) is 1. The van der Waals surface area contributed by atoms with Crippen LogP contribution in [0.4, 0.5) is 4.79 Å². The molecule has 1 aliphatic carbocycles. The topological polar surface area (TPSA) is 38.3 Å². The fourth-order valence-electron chi connectivity index (χ4n) is 2.88. The molecule has 2 unspecified atom stereocenters. The molecule has 3 nitrogen and oxygen atoms in total. The van der Waals surface area contributed by atoms with Gasteiger partial charge in [-0.2, -0.15) is 0 Å². The van der Waals surface area contributed by atoms with Gasteiger partial charge in [-0.15, -0.1) is 0 Å². The van der Waals surface area contributed by atoms with Crippen LogP contribution in [-0.2, 0) is 4.74 Å². The number of carbonyl (C=O) groups is 1. The molecule has 1 amide bonds. The van der Waals surface area contributed by atoms with Crippen molar-refractivity contribution >= 4 is 22.0 Å². The van der Waals surface area contributed by atoms with Gasteiger partial charge in [0.05, 0.1) is 5.54 Å². The summed E-state index contributed by atoms with van der Waals surface area (Å²) in [5.74, 6) is 0.532. The monoisotopic (exact) mass is 295 g/mol. The highest BCUT2D eigenvalue weighted by atomic mass is 79.9. The molecular formula is C13H14BrNO2. The molecule has 1 saturated heterocycles. The van der Waals surface area contributed by atoms with Crippen molar-refractivity contribution < 1.29 is 9.53 Å². The Morgan fingerprint density at radius 3 is 2.76 bits per heavy atom. The van der Waals surface area contributed by atoms with Crippen molar-refractivity contribution in [2.45, 2.75) is 30.7 Å². The summed E-state index contributed by atoms with van der Waals surface area (Å²) in [5.41, 5.74) is 1.25. The predicted octanol–water partition coefficient (Wildman–Crippen LogP) is 3.20. The number of rotatable bonds is 1. The fraction of sp³-hybridized carbons (Fsp3) is 0.462. The number of halogens is 1. The molecule has 1 aliphatic heterocycles. The van der Waals surface area contributed by atoms with Crippen molar-refractivity contribution in [2.24, 2.45) is 0 Å². The number of ether oxygens (including phenoxy) is 1. The molecule has 2 fully saturated rings. The van der Waals surface area contributed by atoms with Gasteiger partial charge in [-0.05, 0) is 42.9 Å². The fourth-order valence-corrected chi connectivity index (χ4v) is 3.15. The van der Waals surface area contributed by atoms with Crippen molar-refractivity contribution in [1.82, 2.24) is 5.32 Å². The second-order valence-corrected chi connectivity index (χ2v) is 5.89. The maximum absolute atomic E-state index is 11.2. The average molecular weight is 296 g/mol. The lowest BCUT2D eigenvalue weighted by molar-refractivity contribution is 0.172. The third-order valence-corrected chi connectivity index (χ3v) is 4.33. The normalized spacial score (nSPS) is 31.6. The Morgan fingerprint density at radius 2 is 2.12 bits per heavy atom. The highest BCUT2D eigenvalue weighted by Crippen LogP contribution is 2.42. The second kappa shape index (κ2) is 4.02. The quantitative estimate of drug-likeness (QED) is 0.864. The van der Waals surface area contributed by atoms with E-state index < -0.39 is 0 Å². The largest absolute Gasteiger partial charge is 0.447 e. The predicted molar refractivity (Wildman–Crippen MR) is 67.9 cm³/mol. The van der Waals surface area contributed by atoms with Crippen molar-refractivity contribution in [1.29, 1.82) is 0 Å². The van der Waals surface area contributed by atoms with Gasteiger partial charge < -0.3 is 10.1 Å². The Labute approximate surface area is 109 Å². The minimum absolute atomic E-state index is 0.102. The first-order valence-electron chi connectivity index (χ1n) is 5.87. The van der Waals surface area contributed by atoms with Crippen LogP contribution in [0.5, 0.6) is 0 Å². The summed E-state index contributed by atoms with van der Waals surface area (Å²) < 4.78 is 6.14. The van der Waals surface area contributed by atoms with E-state index in [1.807, 2.05) is 0 Å². The molecule has 1 spiro atoms. The van der Waals surface area contributed by atoms with Crippen LogP contribution in [0.1, 0.15) is 30.7 Å². The Balaban J connectivity index is 1.76. The maximum Gasteiger partial charge on any atom is 0.407 e. The standard InChI is InChI=1S/C13H14BrNO2/c14-11-3-1-9(2-4-11)10-5-6-13(7-10)8-17-12(16)15-13/h1-4,10H,5-8H2,(H,15,16). The molecule has 3 rings (SSSR count). The lowest BCUT2D eigenvalue weighted by atomic mass is 9.93. The van der Waals surface area contributed by atoms with Crippen LogP contribution in [0.3, 0.4) is 0 Å². The summed E-state index contributed by atoms with van der Waals surface area (Å²) in [4.78, 5) is 11.2. The highest BCUT2D eigenvalue weighted by molar-refractivity contribution is 9.10. The number of benzene rings is 1. The van der Waals surface area contributed by atoms with E-state index in [0.717, 1.165) is 23.7 Å². The zero-order chi connectivity index (χ0) is 11.9. The number of hydrogen-bond acceptors (Lipinski definition) is 2. The van der Waals surface area contributed by atoms with Crippen molar-refractivity contribution in [3.8, 4) is 0 Å². The lowest BCUT2D eigenvalue weighted by Crippen LogP contribution is -2.40. The summed E-state index contributed by atoms with van der Waals surface area (Å²) in [6.45, 7) is 0.527. The van der Waals surface area contributed by atoms with E-state index in [2.05, 4.69) is 45.5 Å². The molecule has 2 aliphatic rings. The first-order valence-corrected chi connectivity index (χ1v) is 6.67. The number of amides is 1. The van der Waals surface area contributed by atoms with Gasteiger partial charge >= 0.3 is 6.09 Å². The van der Waals surface area contributed by atoms with Gasteiger partial charge in [-0.25, -0.2) is 4.79 Å². The third kappa shape index (κ3) is 2.06. The molecule has 2 atom stereocenters. The molecule has 1 heterocycles. The lowest BCUT2D eigenvalue weighted by Gasteiger charge is -2.20. The number of alkyl carbamates (subject to hydrolysis) is 1. The first-order chi connectivity index (χ1) is 8.17. The minimum atomic E-state index is -0.263. The van der Waals surface area contributed by atoms with Crippen LogP contribution in [0.15, 0.2) is 28.7 Å². The molecule has 4 heteroatoms. The smallest absolute Gasteiger partial charge is 0.407 e. The van der Waals surface area contributed by atoms with E-state index in [1.54, 1.807) is 0 Å². The highest BCUT2D eigenvalue weighted by Gasteiger charge is 2.45. The zero-order valence-electron chi connectivity index (χ0n) is 9.41. The molecule has 90 valence electrons. The van der Waals surface area contributed by atoms with Crippen molar-refractivity contribution in [2.75, 3.05) is 6.61 Å². The van der Waals surface area contributed by atoms with Gasteiger partial charge in [0.2, 0.25) is 0 Å². The van der Waals surface area contributed by atoms with E-state index in [-0.39, 0.29) is 11.6 Å². The van der Waals surface area contributed by atoms with Crippen molar-refractivity contribution in [3.05, 3.63) is 34.3 Å². The average Bonchev–Trinajstić information content (AvgIpc) is 2.88. The molecule has 1 N–H and O–H groups in total. The summed E-state index contributed by atoms with van der Waals surface area (Å²) in [6.07, 6.45) is 2.85. The second-order valence-electron chi connectivity index (χ2n) is 4.97. The zero-order valence-corrected chi connectivity index (χ0v) is 11.0. The van der Waals surface area contributed by atoms with Crippen molar-refractivity contribution in [3.63, 3.8) is 0 Å². The Morgan fingerprint density at radius 1 is 1.35 bits per heavy atom. The first kappa shape index (κ1) is 11.1. The molecule has 1 saturated carbocycles. The summed E-state index contributed by atoms with van der Waals surface area (Å²) >= 11 is 3.44. The van der Waals surface area contributed by atoms with Gasteiger partial charge in [-0.3, -0.25) is 0 Å². The number of hydrogen-bond donors (Lipinski definition) is 1. The van der Waals surface area contributed by atoms with Crippen LogP contribution >= 0.6 is 15.9 Å². The van der Waals surface area contributed by atoms with Crippen LogP contribution in [0.25, 0.3) is 0 Å². The molecule has 0 radical (unpaired) electrons. The molecule has 1 aromatic carbocycles. The Bertz CT molecular complexity index is 445. The molecular weight excluding hydrogens is 282 g/mol. The molecule has 0 bridgehead atoms. The third-order valence-electron chi connectivity index (χ3n) is 3.80. The number of carbonyl (C=O) groups excluding carboxylic acids is 1. The summed E-state index contributed by atoms with van der Waals surface area (Å²) in [7, 11) is 0. The minimum Gasteiger partial charge on any atom is -0.447 e. The van der Waals surface area contributed by atoms with E-state index in [9.17, 15) is 4.79 Å². The van der Waals surface area contributed by atoms with E-state index in [0.29, 0.717) is 12.5 Å². The van der Waals surface area contributed by atoms with Gasteiger partial charge in [0.25, 0.3) is 0 Å².